The Morgan fingerprint density at radius 3 is 2.69 bits per heavy atom. The molecule has 0 saturated heterocycles. The van der Waals surface area contributed by atoms with Gasteiger partial charge in [-0.2, -0.15) is 0 Å². The molecule has 2 amide bonds. The lowest BCUT2D eigenvalue weighted by Crippen LogP contribution is -2.43. The summed E-state index contributed by atoms with van der Waals surface area (Å²) >= 11 is 7.79. The van der Waals surface area contributed by atoms with Gasteiger partial charge in [-0.3, -0.25) is 9.59 Å². The van der Waals surface area contributed by atoms with E-state index in [1.807, 2.05) is 66.7 Å². The number of hydrogen-bond donors (Lipinski definition) is 1. The fourth-order valence-corrected chi connectivity index (χ4v) is 6.35. The second kappa shape index (κ2) is 10.1. The van der Waals surface area contributed by atoms with Gasteiger partial charge in [0.25, 0.3) is 11.8 Å². The Balaban J connectivity index is 1.51. The number of carbonyl (C=O) groups is 2. The minimum Gasteiger partial charge on any atom is -0.349 e. The van der Waals surface area contributed by atoms with E-state index in [1.54, 1.807) is 16.7 Å². The molecular weight excluding hydrogens is 476 g/mol. The average molecular weight is 505 g/mol. The van der Waals surface area contributed by atoms with Crippen molar-refractivity contribution in [1.29, 1.82) is 0 Å². The van der Waals surface area contributed by atoms with E-state index in [4.69, 9.17) is 11.6 Å². The highest BCUT2D eigenvalue weighted by Crippen LogP contribution is 2.42. The minimum absolute atomic E-state index is 0.0827. The second-order valence-electron chi connectivity index (χ2n) is 9.65. The van der Waals surface area contributed by atoms with Crippen molar-refractivity contribution in [1.82, 2.24) is 5.32 Å². The highest BCUT2D eigenvalue weighted by Gasteiger charge is 2.30. The van der Waals surface area contributed by atoms with Gasteiger partial charge in [0, 0.05) is 26.4 Å². The molecule has 180 valence electrons. The number of fused-ring (bicyclic) bond motifs is 2. The lowest BCUT2D eigenvalue weighted by Gasteiger charge is -2.34. The number of benzene rings is 3. The highest BCUT2D eigenvalue weighted by atomic mass is 35.5. The van der Waals surface area contributed by atoms with E-state index in [9.17, 15) is 9.59 Å². The maximum absolute atomic E-state index is 13.7. The summed E-state index contributed by atoms with van der Waals surface area (Å²) in [5.74, 6) is 0.876. The van der Waals surface area contributed by atoms with Crippen molar-refractivity contribution in [2.24, 2.45) is 11.8 Å². The quantitative estimate of drug-likeness (QED) is 0.408. The van der Waals surface area contributed by atoms with Gasteiger partial charge >= 0.3 is 0 Å². The van der Waals surface area contributed by atoms with Gasteiger partial charge in [0.2, 0.25) is 0 Å². The molecule has 1 fully saturated rings. The van der Waals surface area contributed by atoms with E-state index in [-0.39, 0.29) is 17.9 Å². The van der Waals surface area contributed by atoms with Crippen LogP contribution in [-0.4, -0.2) is 17.9 Å². The average Bonchev–Trinajstić information content (AvgIpc) is 2.96. The lowest BCUT2D eigenvalue weighted by atomic mass is 9.78. The van der Waals surface area contributed by atoms with Gasteiger partial charge in [0.05, 0.1) is 17.8 Å². The fraction of sp³-hybridized carbons (Fsp3) is 0.310. The third-order valence-corrected chi connectivity index (χ3v) is 8.72. The maximum atomic E-state index is 13.7. The van der Waals surface area contributed by atoms with Crippen molar-refractivity contribution in [3.8, 4) is 0 Å². The molecule has 0 radical (unpaired) electrons. The summed E-state index contributed by atoms with van der Waals surface area (Å²) in [6, 6.07) is 21.1. The molecule has 5 rings (SSSR count). The standard InChI is InChI=1S/C29H29ClN2O2S/c1-18-7-5-11-24(19(18)2)31-28(33)21-13-14-27-25(16-21)32(17-20-8-6-9-22(30)15-20)29(34)23-10-3-4-12-26(23)35-27/h3-4,6,8-10,12-16,18-19,24H,5,7,11,17H2,1-2H3,(H,31,33)/t18-,19+,24-/m1/s1. The number of nitrogens with one attached hydrogen (secondary N) is 1. The topological polar surface area (TPSA) is 49.4 Å². The molecule has 2 aliphatic rings. The predicted octanol–water partition coefficient (Wildman–Crippen LogP) is 7.21. The molecule has 1 heterocycles. The summed E-state index contributed by atoms with van der Waals surface area (Å²) < 4.78 is 0. The fourth-order valence-electron chi connectivity index (χ4n) is 5.07. The molecule has 1 aliphatic carbocycles. The Labute approximate surface area is 216 Å². The van der Waals surface area contributed by atoms with Crippen LogP contribution in [0.4, 0.5) is 5.69 Å². The number of nitrogens with zero attached hydrogens (tertiary/aromatic N) is 1. The zero-order valence-electron chi connectivity index (χ0n) is 20.0. The van der Waals surface area contributed by atoms with Gasteiger partial charge in [-0.05, 0) is 66.3 Å². The van der Waals surface area contributed by atoms with Crippen molar-refractivity contribution < 1.29 is 9.59 Å². The van der Waals surface area contributed by atoms with Crippen molar-refractivity contribution in [2.75, 3.05) is 4.90 Å². The molecule has 1 saturated carbocycles. The van der Waals surface area contributed by atoms with Crippen molar-refractivity contribution in [2.45, 2.75) is 55.5 Å². The van der Waals surface area contributed by atoms with E-state index in [2.05, 4.69) is 19.2 Å². The summed E-state index contributed by atoms with van der Waals surface area (Å²) in [5, 5.41) is 3.90. The first-order chi connectivity index (χ1) is 16.9. The minimum atomic E-state index is -0.0842. The van der Waals surface area contributed by atoms with Crippen LogP contribution in [0.3, 0.4) is 0 Å². The molecule has 3 aromatic carbocycles. The lowest BCUT2D eigenvalue weighted by molar-refractivity contribution is 0.0889. The van der Waals surface area contributed by atoms with Gasteiger partial charge in [-0.15, -0.1) is 0 Å². The SMILES string of the molecule is C[C@H]1[C@H](C)CCC[C@H]1NC(=O)c1ccc2c(c1)N(Cc1cccc(Cl)c1)C(=O)c1ccccc1S2. The Morgan fingerprint density at radius 1 is 1.03 bits per heavy atom. The monoisotopic (exact) mass is 504 g/mol. The molecule has 0 aromatic heterocycles. The van der Waals surface area contributed by atoms with Crippen LogP contribution in [0.1, 0.15) is 59.4 Å². The van der Waals surface area contributed by atoms with Crippen molar-refractivity contribution in [3.05, 3.63) is 88.4 Å². The van der Waals surface area contributed by atoms with Crippen LogP contribution >= 0.6 is 23.4 Å². The van der Waals surface area contributed by atoms with E-state index in [0.717, 1.165) is 33.9 Å². The first-order valence-corrected chi connectivity index (χ1v) is 13.4. The van der Waals surface area contributed by atoms with Gasteiger partial charge < -0.3 is 10.2 Å². The van der Waals surface area contributed by atoms with Crippen molar-refractivity contribution >= 4 is 40.9 Å². The van der Waals surface area contributed by atoms with Gasteiger partial charge in [-0.1, -0.05) is 74.3 Å². The van der Waals surface area contributed by atoms with Crippen LogP contribution < -0.4 is 10.2 Å². The van der Waals surface area contributed by atoms with Crippen LogP contribution in [0, 0.1) is 11.8 Å². The molecule has 1 aliphatic heterocycles. The van der Waals surface area contributed by atoms with Crippen LogP contribution in [0.25, 0.3) is 0 Å². The summed E-state index contributed by atoms with van der Waals surface area (Å²) in [4.78, 5) is 30.7. The summed E-state index contributed by atoms with van der Waals surface area (Å²) in [6.07, 6.45) is 3.36. The first kappa shape index (κ1) is 24.0. The number of carbonyl (C=O) groups excluding carboxylic acids is 2. The van der Waals surface area contributed by atoms with Crippen LogP contribution in [0.15, 0.2) is 76.5 Å². The van der Waals surface area contributed by atoms with Crippen LogP contribution in [0.2, 0.25) is 5.02 Å². The number of hydrogen-bond acceptors (Lipinski definition) is 3. The zero-order chi connectivity index (χ0) is 24.5. The molecular formula is C29H29ClN2O2S. The Morgan fingerprint density at radius 2 is 1.86 bits per heavy atom. The van der Waals surface area contributed by atoms with Gasteiger partial charge in [0.15, 0.2) is 0 Å². The molecule has 35 heavy (non-hydrogen) atoms. The van der Waals surface area contributed by atoms with E-state index in [1.165, 1.54) is 6.42 Å². The Kier molecular flexibility index (Phi) is 6.90. The predicted molar refractivity (Wildman–Crippen MR) is 142 cm³/mol. The maximum Gasteiger partial charge on any atom is 0.259 e. The van der Waals surface area contributed by atoms with E-state index >= 15 is 0 Å². The van der Waals surface area contributed by atoms with E-state index in [0.29, 0.717) is 34.5 Å². The molecule has 0 bridgehead atoms. The molecule has 4 nitrogen and oxygen atoms in total. The number of halogens is 1. The van der Waals surface area contributed by atoms with Crippen LogP contribution in [0.5, 0.6) is 0 Å². The Hall–Kier alpha value is -2.76. The summed E-state index contributed by atoms with van der Waals surface area (Å²) in [5.41, 5.74) is 2.91. The first-order valence-electron chi connectivity index (χ1n) is 12.2. The largest absolute Gasteiger partial charge is 0.349 e. The molecule has 3 atom stereocenters. The number of amides is 2. The normalized spacial score (nSPS) is 21.6. The molecule has 1 N–H and O–H groups in total. The van der Waals surface area contributed by atoms with E-state index < -0.39 is 0 Å². The smallest absolute Gasteiger partial charge is 0.259 e. The number of rotatable bonds is 4. The van der Waals surface area contributed by atoms with Crippen molar-refractivity contribution in [3.63, 3.8) is 0 Å². The molecule has 3 aromatic rings. The third-order valence-electron chi connectivity index (χ3n) is 7.35. The van der Waals surface area contributed by atoms with Gasteiger partial charge in [-0.25, -0.2) is 0 Å². The van der Waals surface area contributed by atoms with Gasteiger partial charge in [0.1, 0.15) is 0 Å². The summed E-state index contributed by atoms with van der Waals surface area (Å²) in [6.45, 7) is 4.86. The second-order valence-corrected chi connectivity index (χ2v) is 11.2. The molecule has 6 heteroatoms. The zero-order valence-corrected chi connectivity index (χ0v) is 21.5. The summed E-state index contributed by atoms with van der Waals surface area (Å²) in [7, 11) is 0. The van der Waals surface area contributed by atoms with Crippen LogP contribution in [-0.2, 0) is 6.54 Å². The molecule has 0 spiro atoms. The number of anilines is 1. The molecule has 0 unspecified atom stereocenters. The highest BCUT2D eigenvalue weighted by molar-refractivity contribution is 7.99. The Bertz CT molecular complexity index is 1280. The third kappa shape index (κ3) is 4.98.